The van der Waals surface area contributed by atoms with Gasteiger partial charge < -0.3 is 10.1 Å². The molecule has 0 bridgehead atoms. The Kier molecular flexibility index (Phi) is 5.34. The lowest BCUT2D eigenvalue weighted by Crippen LogP contribution is -2.33. The van der Waals surface area contributed by atoms with E-state index in [0.29, 0.717) is 6.04 Å². The Hall–Kier alpha value is -0.670. The van der Waals surface area contributed by atoms with Crippen molar-refractivity contribution in [3.05, 3.63) is 29.8 Å². The molecule has 0 saturated heterocycles. The van der Waals surface area contributed by atoms with E-state index in [1.807, 2.05) is 23.9 Å². The third kappa shape index (κ3) is 4.60. The van der Waals surface area contributed by atoms with Gasteiger partial charge in [-0.1, -0.05) is 12.1 Å². The quantitative estimate of drug-likeness (QED) is 0.838. The minimum Gasteiger partial charge on any atom is -0.497 e. The molecule has 0 saturated carbocycles. The number of thioether (sulfide) groups is 1. The van der Waals surface area contributed by atoms with Crippen LogP contribution in [0.15, 0.2) is 24.3 Å². The summed E-state index contributed by atoms with van der Waals surface area (Å²) in [5, 5.41) is 3.57. The lowest BCUT2D eigenvalue weighted by molar-refractivity contribution is 0.413. The van der Waals surface area contributed by atoms with Gasteiger partial charge in [0.15, 0.2) is 0 Å². The Morgan fingerprint density at radius 3 is 2.71 bits per heavy atom. The second kappa shape index (κ2) is 6.31. The van der Waals surface area contributed by atoms with E-state index in [9.17, 15) is 0 Å². The highest BCUT2D eigenvalue weighted by Crippen LogP contribution is 2.23. The summed E-state index contributed by atoms with van der Waals surface area (Å²) in [5.41, 5.74) is 1.27. The maximum atomic E-state index is 5.24. The lowest BCUT2D eigenvalue weighted by atomic mass is 10.1. The van der Waals surface area contributed by atoms with Crippen molar-refractivity contribution in [1.29, 1.82) is 0 Å². The molecule has 1 atom stereocenters. The molecular formula is C14H23NOS. The highest BCUT2D eigenvalue weighted by atomic mass is 32.2. The maximum Gasteiger partial charge on any atom is 0.119 e. The van der Waals surface area contributed by atoms with Gasteiger partial charge in [-0.25, -0.2) is 0 Å². The minimum atomic E-state index is 0.271. The van der Waals surface area contributed by atoms with Crippen LogP contribution in [-0.2, 0) is 0 Å². The van der Waals surface area contributed by atoms with E-state index in [1.165, 1.54) is 5.56 Å². The molecule has 1 aromatic carbocycles. The molecule has 1 rings (SSSR count). The van der Waals surface area contributed by atoms with Gasteiger partial charge in [0.05, 0.1) is 7.11 Å². The second-order valence-corrected chi connectivity index (χ2v) is 6.36. The molecule has 0 fully saturated rings. The van der Waals surface area contributed by atoms with Gasteiger partial charge in [-0.05, 0) is 44.7 Å². The fourth-order valence-corrected chi connectivity index (χ4v) is 1.73. The summed E-state index contributed by atoms with van der Waals surface area (Å²) in [6.45, 7) is 7.68. The molecule has 0 aliphatic carbocycles. The molecule has 1 N–H and O–H groups in total. The van der Waals surface area contributed by atoms with Crippen molar-refractivity contribution in [3.8, 4) is 5.75 Å². The zero-order valence-electron chi connectivity index (χ0n) is 11.4. The molecule has 0 aliphatic heterocycles. The summed E-state index contributed by atoms with van der Waals surface area (Å²) in [6, 6.07) is 8.57. The molecule has 1 unspecified atom stereocenters. The highest BCUT2D eigenvalue weighted by Gasteiger charge is 2.17. The first kappa shape index (κ1) is 14.4. The summed E-state index contributed by atoms with van der Waals surface area (Å²) in [5.74, 6) is 0.917. The second-order valence-electron chi connectivity index (χ2n) is 4.84. The molecule has 3 heteroatoms. The fraction of sp³-hybridized carbons (Fsp3) is 0.571. The predicted octanol–water partition coefficient (Wildman–Crippen LogP) is 3.49. The van der Waals surface area contributed by atoms with E-state index >= 15 is 0 Å². The van der Waals surface area contributed by atoms with E-state index in [4.69, 9.17) is 4.74 Å². The van der Waals surface area contributed by atoms with Gasteiger partial charge in [-0.2, -0.15) is 11.8 Å². The van der Waals surface area contributed by atoms with Crippen molar-refractivity contribution in [1.82, 2.24) is 5.32 Å². The number of rotatable bonds is 6. The van der Waals surface area contributed by atoms with Crippen LogP contribution in [0.1, 0.15) is 32.4 Å². The van der Waals surface area contributed by atoms with Gasteiger partial charge in [-0.3, -0.25) is 0 Å². The van der Waals surface area contributed by atoms with Crippen molar-refractivity contribution in [2.75, 3.05) is 19.9 Å². The molecular weight excluding hydrogens is 230 g/mol. The first-order valence-electron chi connectivity index (χ1n) is 5.91. The van der Waals surface area contributed by atoms with Crippen molar-refractivity contribution >= 4 is 11.8 Å². The SMILES string of the molecule is COc1cccc(C(C)NCC(C)(C)SC)c1. The van der Waals surface area contributed by atoms with Crippen LogP contribution < -0.4 is 10.1 Å². The molecule has 0 amide bonds. The standard InChI is InChI=1S/C14H23NOS/c1-11(15-10-14(2,3)17-5)12-7-6-8-13(9-12)16-4/h6-9,11,15H,10H2,1-5H3. The molecule has 1 aromatic rings. The van der Waals surface area contributed by atoms with E-state index < -0.39 is 0 Å². The van der Waals surface area contributed by atoms with Crippen molar-refractivity contribution in [3.63, 3.8) is 0 Å². The smallest absolute Gasteiger partial charge is 0.119 e. The van der Waals surface area contributed by atoms with E-state index in [-0.39, 0.29) is 4.75 Å². The predicted molar refractivity (Wildman–Crippen MR) is 77.0 cm³/mol. The first-order chi connectivity index (χ1) is 7.98. The maximum absolute atomic E-state index is 5.24. The lowest BCUT2D eigenvalue weighted by Gasteiger charge is -2.25. The molecule has 0 aliphatic rings. The zero-order valence-corrected chi connectivity index (χ0v) is 12.2. The van der Waals surface area contributed by atoms with Gasteiger partial charge in [0.25, 0.3) is 0 Å². The first-order valence-corrected chi connectivity index (χ1v) is 7.13. The number of methoxy groups -OCH3 is 1. The summed E-state index contributed by atoms with van der Waals surface area (Å²) in [4.78, 5) is 0. The minimum absolute atomic E-state index is 0.271. The molecule has 0 spiro atoms. The van der Waals surface area contributed by atoms with Crippen LogP contribution in [0.25, 0.3) is 0 Å². The summed E-state index contributed by atoms with van der Waals surface area (Å²) >= 11 is 1.88. The fourth-order valence-electron chi connectivity index (χ4n) is 1.50. The van der Waals surface area contributed by atoms with Crippen LogP contribution in [-0.4, -0.2) is 24.7 Å². The van der Waals surface area contributed by atoms with Crippen LogP contribution >= 0.6 is 11.8 Å². The van der Waals surface area contributed by atoms with E-state index in [1.54, 1.807) is 7.11 Å². The molecule has 96 valence electrons. The van der Waals surface area contributed by atoms with E-state index in [2.05, 4.69) is 44.5 Å². The zero-order chi connectivity index (χ0) is 12.9. The highest BCUT2D eigenvalue weighted by molar-refractivity contribution is 7.99. The summed E-state index contributed by atoms with van der Waals surface area (Å²) < 4.78 is 5.51. The molecule has 2 nitrogen and oxygen atoms in total. The van der Waals surface area contributed by atoms with Crippen LogP contribution in [0.4, 0.5) is 0 Å². The summed E-state index contributed by atoms with van der Waals surface area (Å²) in [7, 11) is 1.70. The van der Waals surface area contributed by atoms with Gasteiger partial charge in [-0.15, -0.1) is 0 Å². The van der Waals surface area contributed by atoms with Gasteiger partial charge in [0.2, 0.25) is 0 Å². The Balaban J connectivity index is 2.60. The topological polar surface area (TPSA) is 21.3 Å². The van der Waals surface area contributed by atoms with Crippen molar-refractivity contribution < 1.29 is 4.74 Å². The molecule has 0 heterocycles. The number of benzene rings is 1. The average molecular weight is 253 g/mol. The number of hydrogen-bond donors (Lipinski definition) is 1. The van der Waals surface area contributed by atoms with Gasteiger partial charge in [0.1, 0.15) is 5.75 Å². The summed E-state index contributed by atoms with van der Waals surface area (Å²) in [6.07, 6.45) is 2.15. The number of hydrogen-bond acceptors (Lipinski definition) is 3. The Morgan fingerprint density at radius 2 is 2.12 bits per heavy atom. The third-order valence-electron chi connectivity index (χ3n) is 2.98. The molecule has 0 radical (unpaired) electrons. The van der Waals surface area contributed by atoms with Crippen LogP contribution in [0.3, 0.4) is 0 Å². The van der Waals surface area contributed by atoms with Gasteiger partial charge >= 0.3 is 0 Å². The van der Waals surface area contributed by atoms with E-state index in [0.717, 1.165) is 12.3 Å². The number of ether oxygens (including phenoxy) is 1. The Labute approximate surface area is 109 Å². The molecule has 17 heavy (non-hydrogen) atoms. The van der Waals surface area contributed by atoms with Crippen LogP contribution in [0, 0.1) is 0 Å². The molecule has 0 aromatic heterocycles. The average Bonchev–Trinajstić information content (AvgIpc) is 2.36. The third-order valence-corrected chi connectivity index (χ3v) is 4.23. The Morgan fingerprint density at radius 1 is 1.41 bits per heavy atom. The Bertz CT molecular complexity index is 352. The normalized spacial score (nSPS) is 13.5. The van der Waals surface area contributed by atoms with Crippen LogP contribution in [0.2, 0.25) is 0 Å². The van der Waals surface area contributed by atoms with Gasteiger partial charge in [0, 0.05) is 17.3 Å². The van der Waals surface area contributed by atoms with Crippen LogP contribution in [0.5, 0.6) is 5.75 Å². The van der Waals surface area contributed by atoms with Crippen molar-refractivity contribution in [2.24, 2.45) is 0 Å². The van der Waals surface area contributed by atoms with Crippen molar-refractivity contribution in [2.45, 2.75) is 31.6 Å². The number of nitrogens with one attached hydrogen (secondary N) is 1. The largest absolute Gasteiger partial charge is 0.497 e. The monoisotopic (exact) mass is 253 g/mol.